The molecule has 0 aromatic heterocycles. The van der Waals surface area contributed by atoms with Gasteiger partial charge in [0.15, 0.2) is 0 Å². The van der Waals surface area contributed by atoms with Crippen LogP contribution in [0.25, 0.3) is 0 Å². The van der Waals surface area contributed by atoms with E-state index in [4.69, 9.17) is 23.2 Å². The molecule has 0 aliphatic carbocycles. The summed E-state index contributed by atoms with van der Waals surface area (Å²) in [6.45, 7) is 5.99. The van der Waals surface area contributed by atoms with E-state index >= 15 is 0 Å². The van der Waals surface area contributed by atoms with Crippen LogP contribution in [0.1, 0.15) is 49.8 Å². The molecule has 2 aliphatic rings. The molecule has 2 aromatic rings. The van der Waals surface area contributed by atoms with Crippen molar-refractivity contribution in [2.45, 2.75) is 44.1 Å². The van der Waals surface area contributed by atoms with Gasteiger partial charge in [0.25, 0.3) is 0 Å². The topological polar surface area (TPSA) is 23.6 Å². The predicted molar refractivity (Wildman–Crippen MR) is 120 cm³/mol. The van der Waals surface area contributed by atoms with Crippen LogP contribution in [0.4, 0.5) is 0 Å². The molecule has 29 heavy (non-hydrogen) atoms. The Labute approximate surface area is 183 Å². The second-order valence-electron chi connectivity index (χ2n) is 8.50. The number of likely N-dealkylation sites (tertiary alicyclic amines) is 2. The lowest BCUT2D eigenvalue weighted by Crippen LogP contribution is -2.52. The Morgan fingerprint density at radius 2 is 1.69 bits per heavy atom. The first-order valence-corrected chi connectivity index (χ1v) is 11.3. The van der Waals surface area contributed by atoms with Gasteiger partial charge in [-0.15, -0.1) is 0 Å². The van der Waals surface area contributed by atoms with Crippen molar-refractivity contribution < 1.29 is 4.79 Å². The molecule has 1 amide bonds. The van der Waals surface area contributed by atoms with Crippen LogP contribution in [0.5, 0.6) is 0 Å². The Morgan fingerprint density at radius 3 is 2.38 bits per heavy atom. The van der Waals surface area contributed by atoms with Crippen LogP contribution in [0.2, 0.25) is 10.0 Å². The maximum Gasteiger partial charge on any atom is 0.233 e. The molecule has 2 heterocycles. The molecule has 2 fully saturated rings. The van der Waals surface area contributed by atoms with E-state index in [1.165, 1.54) is 18.4 Å². The van der Waals surface area contributed by atoms with Crippen molar-refractivity contribution in [3.05, 3.63) is 69.7 Å². The fraction of sp³-hybridized carbons (Fsp3) is 0.458. The first-order chi connectivity index (χ1) is 14.0. The van der Waals surface area contributed by atoms with Crippen molar-refractivity contribution in [2.24, 2.45) is 0 Å². The Morgan fingerprint density at radius 1 is 0.966 bits per heavy atom. The summed E-state index contributed by atoms with van der Waals surface area (Å²) in [6, 6.07) is 16.2. The molecular weight excluding hydrogens is 403 g/mol. The summed E-state index contributed by atoms with van der Waals surface area (Å²) in [7, 11) is 0. The minimum absolute atomic E-state index is 0.0733. The monoisotopic (exact) mass is 430 g/mol. The van der Waals surface area contributed by atoms with E-state index in [0.717, 1.165) is 44.6 Å². The average molecular weight is 431 g/mol. The van der Waals surface area contributed by atoms with Gasteiger partial charge in [-0.2, -0.15) is 0 Å². The summed E-state index contributed by atoms with van der Waals surface area (Å²) in [4.78, 5) is 18.5. The highest BCUT2D eigenvalue weighted by molar-refractivity contribution is 6.42. The normalized spacial score (nSPS) is 24.1. The number of nitrogens with zero attached hydrogens (tertiary/aromatic N) is 2. The Balaban J connectivity index is 1.67. The van der Waals surface area contributed by atoms with Crippen LogP contribution >= 0.6 is 23.2 Å². The van der Waals surface area contributed by atoms with Crippen LogP contribution in [-0.4, -0.2) is 41.9 Å². The zero-order valence-corrected chi connectivity index (χ0v) is 18.4. The first kappa shape index (κ1) is 20.7. The third-order valence-electron chi connectivity index (χ3n) is 6.56. The number of piperidine rings is 1. The molecule has 2 aliphatic heterocycles. The number of benzene rings is 2. The molecule has 0 radical (unpaired) electrons. The standard InChI is InChI=1S/C24H28Cl2N2O/c1-24(19-10-11-20(25)21(26)16-19)12-7-15-28(23(24)29)22(17-27-13-5-6-14-27)18-8-3-2-4-9-18/h2-4,8-11,16,22H,5-7,12-15,17H2,1H3/t22-,24?/m1/s1. The number of hydrogen-bond donors (Lipinski definition) is 0. The third kappa shape index (κ3) is 4.19. The van der Waals surface area contributed by atoms with Gasteiger partial charge in [0.1, 0.15) is 0 Å². The molecule has 0 saturated carbocycles. The molecule has 2 saturated heterocycles. The number of rotatable bonds is 5. The van der Waals surface area contributed by atoms with Crippen LogP contribution in [0.3, 0.4) is 0 Å². The van der Waals surface area contributed by atoms with Crippen LogP contribution in [-0.2, 0) is 10.2 Å². The number of hydrogen-bond acceptors (Lipinski definition) is 2. The molecule has 2 atom stereocenters. The molecule has 154 valence electrons. The minimum atomic E-state index is -0.579. The highest BCUT2D eigenvalue weighted by Crippen LogP contribution is 2.40. The fourth-order valence-electron chi connectivity index (χ4n) is 4.80. The van der Waals surface area contributed by atoms with E-state index in [-0.39, 0.29) is 11.9 Å². The maximum atomic E-state index is 13.9. The van der Waals surface area contributed by atoms with Crippen molar-refractivity contribution in [1.82, 2.24) is 9.80 Å². The summed E-state index contributed by atoms with van der Waals surface area (Å²) in [6.07, 6.45) is 4.30. The van der Waals surface area contributed by atoms with Gasteiger partial charge in [-0.1, -0.05) is 59.6 Å². The molecule has 3 nitrogen and oxygen atoms in total. The predicted octanol–water partition coefficient (Wildman–Crippen LogP) is 5.71. The maximum absolute atomic E-state index is 13.9. The molecular formula is C24H28Cl2N2O. The smallest absolute Gasteiger partial charge is 0.233 e. The van der Waals surface area contributed by atoms with Gasteiger partial charge >= 0.3 is 0 Å². The van der Waals surface area contributed by atoms with E-state index < -0.39 is 5.41 Å². The first-order valence-electron chi connectivity index (χ1n) is 10.5. The largest absolute Gasteiger partial charge is 0.334 e. The summed E-state index contributed by atoms with van der Waals surface area (Å²) in [5.41, 5.74) is 1.59. The summed E-state index contributed by atoms with van der Waals surface area (Å²) in [5.74, 6) is 0.190. The third-order valence-corrected chi connectivity index (χ3v) is 7.29. The van der Waals surface area contributed by atoms with E-state index in [1.807, 2.05) is 18.2 Å². The van der Waals surface area contributed by atoms with Crippen molar-refractivity contribution in [3.8, 4) is 0 Å². The van der Waals surface area contributed by atoms with Crippen LogP contribution < -0.4 is 0 Å². The minimum Gasteiger partial charge on any atom is -0.334 e. The van der Waals surface area contributed by atoms with Gasteiger partial charge in [-0.25, -0.2) is 0 Å². The van der Waals surface area contributed by atoms with Gasteiger partial charge in [-0.05, 0) is 69.0 Å². The number of amides is 1. The van der Waals surface area contributed by atoms with Gasteiger partial charge in [0.2, 0.25) is 5.91 Å². The highest BCUT2D eigenvalue weighted by atomic mass is 35.5. The Bertz CT molecular complexity index is 866. The lowest BCUT2D eigenvalue weighted by molar-refractivity contribution is -0.143. The lowest BCUT2D eigenvalue weighted by atomic mass is 9.74. The molecule has 0 bridgehead atoms. The van der Waals surface area contributed by atoms with Crippen LogP contribution in [0, 0.1) is 0 Å². The zero-order chi connectivity index (χ0) is 20.4. The average Bonchev–Trinajstić information content (AvgIpc) is 3.24. The Hall–Kier alpha value is -1.55. The molecule has 2 aromatic carbocycles. The van der Waals surface area contributed by atoms with Gasteiger partial charge < -0.3 is 9.80 Å². The molecule has 4 rings (SSSR count). The summed E-state index contributed by atoms with van der Waals surface area (Å²) < 4.78 is 0. The quantitative estimate of drug-likeness (QED) is 0.606. The second-order valence-corrected chi connectivity index (χ2v) is 9.31. The summed E-state index contributed by atoms with van der Waals surface area (Å²) >= 11 is 12.4. The highest BCUT2D eigenvalue weighted by Gasteiger charge is 2.44. The molecule has 0 spiro atoms. The molecule has 5 heteroatoms. The second kappa shape index (κ2) is 8.67. The van der Waals surface area contributed by atoms with E-state index in [9.17, 15) is 4.79 Å². The van der Waals surface area contributed by atoms with Gasteiger partial charge in [0, 0.05) is 13.1 Å². The molecule has 1 unspecified atom stereocenters. The number of halogens is 2. The summed E-state index contributed by atoms with van der Waals surface area (Å²) in [5, 5.41) is 1.03. The van der Waals surface area contributed by atoms with E-state index in [0.29, 0.717) is 10.0 Å². The van der Waals surface area contributed by atoms with Crippen molar-refractivity contribution in [1.29, 1.82) is 0 Å². The number of carbonyl (C=O) groups excluding carboxylic acids is 1. The van der Waals surface area contributed by atoms with Gasteiger partial charge in [0.05, 0.1) is 21.5 Å². The Kier molecular flexibility index (Phi) is 6.19. The SMILES string of the molecule is CC1(c2ccc(Cl)c(Cl)c2)CCCN([C@H](CN2CCCC2)c2ccccc2)C1=O. The number of carbonyl (C=O) groups is 1. The van der Waals surface area contributed by atoms with Crippen molar-refractivity contribution in [2.75, 3.05) is 26.2 Å². The van der Waals surface area contributed by atoms with Gasteiger partial charge in [-0.3, -0.25) is 4.79 Å². The molecule has 0 N–H and O–H groups in total. The van der Waals surface area contributed by atoms with E-state index in [2.05, 4.69) is 41.0 Å². The lowest BCUT2D eigenvalue weighted by Gasteiger charge is -2.44. The van der Waals surface area contributed by atoms with E-state index in [1.54, 1.807) is 6.07 Å². The van der Waals surface area contributed by atoms with Crippen molar-refractivity contribution in [3.63, 3.8) is 0 Å². The zero-order valence-electron chi connectivity index (χ0n) is 16.9. The fourth-order valence-corrected chi connectivity index (χ4v) is 5.10. The van der Waals surface area contributed by atoms with Crippen LogP contribution in [0.15, 0.2) is 48.5 Å². The van der Waals surface area contributed by atoms with Crippen molar-refractivity contribution >= 4 is 29.1 Å².